The summed E-state index contributed by atoms with van der Waals surface area (Å²) in [5.41, 5.74) is 2.47. The Hall–Kier alpha value is -1.22. The third-order valence-electron chi connectivity index (χ3n) is 2.59. The first-order chi connectivity index (χ1) is 8.24. The van der Waals surface area contributed by atoms with Crippen molar-refractivity contribution in [1.29, 1.82) is 0 Å². The lowest BCUT2D eigenvalue weighted by molar-refractivity contribution is 1.15. The van der Waals surface area contributed by atoms with Crippen LogP contribution in [0, 0.1) is 6.92 Å². The molecule has 0 aliphatic heterocycles. The maximum atomic E-state index is 4.32. The zero-order valence-electron chi connectivity index (χ0n) is 10.3. The average molecular weight is 241 g/mol. The minimum Gasteiger partial charge on any atom is -0.260 e. The van der Waals surface area contributed by atoms with Crippen LogP contribution in [0.5, 0.6) is 0 Å². The van der Waals surface area contributed by atoms with Gasteiger partial charge in [-0.15, -0.1) is 0 Å². The molecule has 1 aromatic heterocycles. The number of benzene rings is 1. The van der Waals surface area contributed by atoms with Gasteiger partial charge in [-0.2, -0.15) is 11.6 Å². The maximum absolute atomic E-state index is 4.32. The first-order valence-corrected chi connectivity index (χ1v) is 6.75. The van der Waals surface area contributed by atoms with E-state index in [-0.39, 0.29) is 0 Å². The normalized spacial score (nSPS) is 10.2. The Balaban J connectivity index is 1.93. The van der Waals surface area contributed by atoms with Gasteiger partial charge in [0.15, 0.2) is 0 Å². The molecular formula is C14H16BNS. The van der Waals surface area contributed by atoms with E-state index in [4.69, 9.17) is 0 Å². The number of pyridine rings is 1. The molecule has 0 bridgehead atoms. The van der Waals surface area contributed by atoms with E-state index in [9.17, 15) is 0 Å². The fourth-order valence-electron chi connectivity index (χ4n) is 1.74. The third kappa shape index (κ3) is 3.93. The van der Waals surface area contributed by atoms with Gasteiger partial charge in [0.2, 0.25) is 5.99 Å². The molecule has 0 amide bonds. The summed E-state index contributed by atoms with van der Waals surface area (Å²) >= 11 is 1.88. The van der Waals surface area contributed by atoms with Gasteiger partial charge in [-0.1, -0.05) is 42.7 Å². The second-order valence-corrected chi connectivity index (χ2v) is 5.77. The second kappa shape index (κ2) is 5.92. The summed E-state index contributed by atoms with van der Waals surface area (Å²) < 4.78 is 0. The Morgan fingerprint density at radius 1 is 1.12 bits per heavy atom. The highest BCUT2D eigenvalue weighted by atomic mass is 32.2. The molecule has 1 aromatic carbocycles. The van der Waals surface area contributed by atoms with Crippen LogP contribution in [0.1, 0.15) is 11.3 Å². The van der Waals surface area contributed by atoms with Gasteiger partial charge in [0.25, 0.3) is 0 Å². The number of nitrogens with zero attached hydrogens (tertiary/aromatic N) is 1. The smallest absolute Gasteiger partial charge is 0.217 e. The van der Waals surface area contributed by atoms with Crippen LogP contribution in [-0.2, 0) is 6.32 Å². The molecule has 0 N–H and O–H groups in total. The standard InChI is InChI=1S/C14H16BNS/c1-12-8-9-14(11-16-12)17-15(2)10-13-6-4-3-5-7-13/h3-9,11H,10H2,1-2H3. The van der Waals surface area contributed by atoms with Crippen molar-refractivity contribution >= 4 is 17.6 Å². The van der Waals surface area contributed by atoms with Crippen LogP contribution in [0.3, 0.4) is 0 Å². The molecule has 0 saturated heterocycles. The van der Waals surface area contributed by atoms with Crippen molar-refractivity contribution in [2.24, 2.45) is 0 Å². The SMILES string of the molecule is CB(Cc1ccccc1)Sc1ccc(C)nc1. The van der Waals surface area contributed by atoms with Gasteiger partial charge in [0.05, 0.1) is 0 Å². The monoisotopic (exact) mass is 241 g/mol. The molecule has 0 aliphatic rings. The average Bonchev–Trinajstić information content (AvgIpc) is 2.33. The summed E-state index contributed by atoms with van der Waals surface area (Å²) in [6, 6.07) is 14.8. The van der Waals surface area contributed by atoms with Crippen molar-refractivity contribution < 1.29 is 0 Å². The summed E-state index contributed by atoms with van der Waals surface area (Å²) in [6.45, 7) is 4.28. The van der Waals surface area contributed by atoms with Crippen LogP contribution < -0.4 is 0 Å². The zero-order valence-corrected chi connectivity index (χ0v) is 11.1. The highest BCUT2D eigenvalue weighted by molar-refractivity contribution is 8.25. The topological polar surface area (TPSA) is 12.9 Å². The molecule has 0 radical (unpaired) electrons. The molecule has 2 aromatic rings. The summed E-state index contributed by atoms with van der Waals surface area (Å²) in [5.74, 6) is 0.571. The Kier molecular flexibility index (Phi) is 4.26. The molecule has 3 heteroatoms. The van der Waals surface area contributed by atoms with Crippen LogP contribution in [0.15, 0.2) is 53.6 Å². The number of hydrogen-bond donors (Lipinski definition) is 0. The molecule has 0 spiro atoms. The van der Waals surface area contributed by atoms with Gasteiger partial charge in [0, 0.05) is 16.8 Å². The Morgan fingerprint density at radius 3 is 2.53 bits per heavy atom. The van der Waals surface area contributed by atoms with Gasteiger partial charge in [-0.05, 0) is 25.4 Å². The predicted molar refractivity (Wildman–Crippen MR) is 76.6 cm³/mol. The minimum absolute atomic E-state index is 0.571. The van der Waals surface area contributed by atoms with Gasteiger partial charge in [0.1, 0.15) is 0 Å². The van der Waals surface area contributed by atoms with E-state index in [1.54, 1.807) is 0 Å². The summed E-state index contributed by atoms with van der Waals surface area (Å²) in [4.78, 5) is 5.57. The fraction of sp³-hybridized carbons (Fsp3) is 0.214. The van der Waals surface area contributed by atoms with Gasteiger partial charge >= 0.3 is 0 Å². The maximum Gasteiger partial charge on any atom is 0.217 e. The van der Waals surface area contributed by atoms with E-state index in [0.717, 1.165) is 12.0 Å². The van der Waals surface area contributed by atoms with Crippen LogP contribution in [0.4, 0.5) is 0 Å². The number of aromatic nitrogens is 1. The van der Waals surface area contributed by atoms with Crippen molar-refractivity contribution in [2.75, 3.05) is 0 Å². The Bertz CT molecular complexity index is 455. The Morgan fingerprint density at radius 2 is 1.88 bits per heavy atom. The molecule has 0 saturated carbocycles. The Labute approximate surface area is 108 Å². The molecule has 17 heavy (non-hydrogen) atoms. The quantitative estimate of drug-likeness (QED) is 0.753. The lowest BCUT2D eigenvalue weighted by Crippen LogP contribution is -2.06. The lowest BCUT2D eigenvalue weighted by atomic mass is 9.73. The van der Waals surface area contributed by atoms with Crippen LogP contribution in [-0.4, -0.2) is 11.0 Å². The van der Waals surface area contributed by atoms with E-state index in [2.05, 4.69) is 54.3 Å². The zero-order chi connectivity index (χ0) is 12.1. The van der Waals surface area contributed by atoms with Crippen molar-refractivity contribution in [3.63, 3.8) is 0 Å². The molecule has 0 atom stereocenters. The predicted octanol–water partition coefficient (Wildman–Crippen LogP) is 3.89. The largest absolute Gasteiger partial charge is 0.260 e. The van der Waals surface area contributed by atoms with Crippen LogP contribution >= 0.6 is 11.6 Å². The fourth-order valence-corrected chi connectivity index (χ4v) is 2.74. The minimum atomic E-state index is 0.571. The van der Waals surface area contributed by atoms with Gasteiger partial charge in [-0.3, -0.25) is 4.98 Å². The van der Waals surface area contributed by atoms with E-state index in [1.165, 1.54) is 10.5 Å². The van der Waals surface area contributed by atoms with Crippen molar-refractivity contribution in [2.45, 2.75) is 25.0 Å². The van der Waals surface area contributed by atoms with Crippen LogP contribution in [0.2, 0.25) is 6.82 Å². The van der Waals surface area contributed by atoms with E-state index >= 15 is 0 Å². The molecule has 0 aliphatic carbocycles. The number of aryl methyl sites for hydroxylation is 1. The number of hydrogen-bond acceptors (Lipinski definition) is 2. The molecule has 0 fully saturated rings. The van der Waals surface area contributed by atoms with E-state index < -0.39 is 0 Å². The molecule has 0 unspecified atom stereocenters. The second-order valence-electron chi connectivity index (χ2n) is 4.25. The molecule has 2 rings (SSSR count). The summed E-state index contributed by atoms with van der Waals surface area (Å²) in [6.07, 6.45) is 3.06. The number of rotatable bonds is 4. The van der Waals surface area contributed by atoms with Crippen molar-refractivity contribution in [3.8, 4) is 0 Å². The van der Waals surface area contributed by atoms with Gasteiger partial charge < -0.3 is 0 Å². The van der Waals surface area contributed by atoms with E-state index in [1.807, 2.05) is 24.7 Å². The first-order valence-electron chi connectivity index (χ1n) is 5.87. The first kappa shape index (κ1) is 12.2. The highest BCUT2D eigenvalue weighted by Crippen LogP contribution is 2.22. The summed E-state index contributed by atoms with van der Waals surface area (Å²) in [5, 5.41) is 0. The lowest BCUT2D eigenvalue weighted by Gasteiger charge is -2.08. The molecule has 1 nitrogen and oxygen atoms in total. The molecule has 1 heterocycles. The third-order valence-corrected chi connectivity index (χ3v) is 3.67. The van der Waals surface area contributed by atoms with Crippen molar-refractivity contribution in [1.82, 2.24) is 4.98 Å². The molecule has 86 valence electrons. The molecular weight excluding hydrogens is 225 g/mol. The highest BCUT2D eigenvalue weighted by Gasteiger charge is 2.09. The van der Waals surface area contributed by atoms with Crippen LogP contribution in [0.25, 0.3) is 0 Å². The van der Waals surface area contributed by atoms with Crippen molar-refractivity contribution in [3.05, 3.63) is 59.9 Å². The summed E-state index contributed by atoms with van der Waals surface area (Å²) in [7, 11) is 0. The van der Waals surface area contributed by atoms with E-state index in [0.29, 0.717) is 5.99 Å². The van der Waals surface area contributed by atoms with Gasteiger partial charge in [-0.25, -0.2) is 0 Å².